The number of amides is 2. The van der Waals surface area contributed by atoms with Gasteiger partial charge in [-0.2, -0.15) is 13.2 Å². The van der Waals surface area contributed by atoms with Crippen molar-refractivity contribution in [2.75, 3.05) is 19.0 Å². The Morgan fingerprint density at radius 3 is 2.26 bits per heavy atom. The lowest BCUT2D eigenvalue weighted by Crippen LogP contribution is -2.40. The zero-order valence-electron chi connectivity index (χ0n) is 14.7. The quantitative estimate of drug-likeness (QED) is 0.635. The Bertz CT molecular complexity index is 844. The number of hydrogen-bond donors (Lipinski definition) is 2. The molecule has 0 fully saturated rings. The van der Waals surface area contributed by atoms with Gasteiger partial charge in [-0.3, -0.25) is 20.4 Å². The van der Waals surface area contributed by atoms with Crippen molar-refractivity contribution in [2.45, 2.75) is 6.18 Å². The molecule has 0 radical (unpaired) electrons. The van der Waals surface area contributed by atoms with Crippen LogP contribution in [-0.4, -0.2) is 25.9 Å². The van der Waals surface area contributed by atoms with Crippen molar-refractivity contribution in [1.29, 1.82) is 0 Å². The van der Waals surface area contributed by atoms with Crippen LogP contribution in [0.15, 0.2) is 54.6 Å². The van der Waals surface area contributed by atoms with Crippen molar-refractivity contribution in [2.24, 2.45) is 0 Å². The van der Waals surface area contributed by atoms with Crippen LogP contribution in [0.2, 0.25) is 0 Å². The predicted octanol–water partition coefficient (Wildman–Crippen LogP) is 3.25. The summed E-state index contributed by atoms with van der Waals surface area (Å²) in [5.41, 5.74) is 5.34. The Kier molecular flexibility index (Phi) is 6.23. The van der Waals surface area contributed by atoms with Crippen LogP contribution in [0, 0.1) is 0 Å². The predicted molar refractivity (Wildman–Crippen MR) is 96.9 cm³/mol. The summed E-state index contributed by atoms with van der Waals surface area (Å²) in [6.07, 6.45) is -1.96. The average Bonchev–Trinajstić information content (AvgIpc) is 2.64. The highest BCUT2D eigenvalue weighted by atomic mass is 19.4. The molecule has 0 spiro atoms. The zero-order valence-corrected chi connectivity index (χ0v) is 14.7. The van der Waals surface area contributed by atoms with E-state index < -0.39 is 23.6 Å². The molecule has 2 aromatic rings. The monoisotopic (exact) mass is 377 g/mol. The number of alkyl halides is 3. The van der Waals surface area contributed by atoms with E-state index in [2.05, 4.69) is 10.9 Å². The molecule has 0 bridgehead atoms. The number of carbonyl (C=O) groups is 2. The maximum atomic E-state index is 12.5. The topological polar surface area (TPSA) is 61.4 Å². The van der Waals surface area contributed by atoms with E-state index in [-0.39, 0.29) is 0 Å². The van der Waals surface area contributed by atoms with E-state index in [4.69, 9.17) is 0 Å². The summed E-state index contributed by atoms with van der Waals surface area (Å²) in [5, 5.41) is 0. The van der Waals surface area contributed by atoms with Gasteiger partial charge in [-0.1, -0.05) is 18.2 Å². The maximum absolute atomic E-state index is 12.5. The molecule has 2 aromatic carbocycles. The molecule has 2 N–H and O–H groups in total. The highest BCUT2D eigenvalue weighted by Gasteiger charge is 2.29. The van der Waals surface area contributed by atoms with Gasteiger partial charge < -0.3 is 4.90 Å². The van der Waals surface area contributed by atoms with Crippen molar-refractivity contribution in [3.8, 4) is 0 Å². The van der Waals surface area contributed by atoms with Gasteiger partial charge in [0, 0.05) is 31.4 Å². The number of carbonyl (C=O) groups excluding carboxylic acids is 2. The Balaban J connectivity index is 1.91. The van der Waals surface area contributed by atoms with Crippen molar-refractivity contribution in [3.05, 3.63) is 71.3 Å². The summed E-state index contributed by atoms with van der Waals surface area (Å²) < 4.78 is 37.5. The second kappa shape index (κ2) is 8.39. The molecule has 0 saturated heterocycles. The van der Waals surface area contributed by atoms with Crippen LogP contribution in [0.5, 0.6) is 0 Å². The minimum Gasteiger partial charge on any atom is -0.378 e. The SMILES string of the molecule is CN(C)c1cccc(C(=O)NNC(=O)/C=C/c2ccc(C(F)(F)F)cc2)c1. The Hall–Kier alpha value is -3.29. The summed E-state index contributed by atoms with van der Waals surface area (Å²) >= 11 is 0. The highest BCUT2D eigenvalue weighted by molar-refractivity contribution is 5.98. The minimum absolute atomic E-state index is 0.369. The standard InChI is InChI=1S/C19H18F3N3O2/c1-25(2)16-5-3-4-14(12-16)18(27)24-23-17(26)11-8-13-6-9-15(10-7-13)19(20,21)22/h3-12H,1-2H3,(H,23,26)(H,24,27)/b11-8+. The van der Waals surface area contributed by atoms with Crippen LogP contribution < -0.4 is 15.8 Å². The largest absolute Gasteiger partial charge is 0.416 e. The first-order valence-electron chi connectivity index (χ1n) is 7.90. The van der Waals surface area contributed by atoms with Crippen LogP contribution in [0.1, 0.15) is 21.5 Å². The van der Waals surface area contributed by atoms with Gasteiger partial charge in [-0.25, -0.2) is 0 Å². The van der Waals surface area contributed by atoms with E-state index in [1.165, 1.54) is 18.2 Å². The number of anilines is 1. The smallest absolute Gasteiger partial charge is 0.378 e. The van der Waals surface area contributed by atoms with Crippen molar-refractivity contribution in [3.63, 3.8) is 0 Å². The van der Waals surface area contributed by atoms with Gasteiger partial charge in [-0.05, 0) is 42.0 Å². The molecule has 0 aliphatic rings. The molecule has 142 valence electrons. The van der Waals surface area contributed by atoms with E-state index in [1.807, 2.05) is 25.1 Å². The summed E-state index contributed by atoms with van der Waals surface area (Å²) in [5.74, 6) is -1.11. The normalized spacial score (nSPS) is 11.3. The lowest BCUT2D eigenvalue weighted by molar-refractivity contribution is -0.137. The van der Waals surface area contributed by atoms with E-state index in [0.717, 1.165) is 23.9 Å². The zero-order chi connectivity index (χ0) is 20.0. The van der Waals surface area contributed by atoms with E-state index >= 15 is 0 Å². The molecule has 2 amide bonds. The number of benzene rings is 2. The van der Waals surface area contributed by atoms with Crippen molar-refractivity contribution in [1.82, 2.24) is 10.9 Å². The number of nitrogens with one attached hydrogen (secondary N) is 2. The van der Waals surface area contributed by atoms with E-state index in [0.29, 0.717) is 11.1 Å². The first-order valence-corrected chi connectivity index (χ1v) is 7.90. The molecule has 0 heterocycles. The van der Waals surface area contributed by atoms with Crippen LogP contribution >= 0.6 is 0 Å². The first-order chi connectivity index (χ1) is 12.7. The van der Waals surface area contributed by atoms with E-state index in [9.17, 15) is 22.8 Å². The fourth-order valence-corrected chi connectivity index (χ4v) is 2.11. The van der Waals surface area contributed by atoms with Crippen molar-refractivity contribution < 1.29 is 22.8 Å². The van der Waals surface area contributed by atoms with Crippen LogP contribution in [-0.2, 0) is 11.0 Å². The molecule has 0 aliphatic carbocycles. The van der Waals surface area contributed by atoms with Gasteiger partial charge in [0.25, 0.3) is 11.8 Å². The van der Waals surface area contributed by atoms with Crippen LogP contribution in [0.3, 0.4) is 0 Å². The highest BCUT2D eigenvalue weighted by Crippen LogP contribution is 2.29. The Labute approximate surface area is 154 Å². The minimum atomic E-state index is -4.41. The van der Waals surface area contributed by atoms with Gasteiger partial charge in [0.1, 0.15) is 0 Å². The lowest BCUT2D eigenvalue weighted by atomic mass is 10.1. The van der Waals surface area contributed by atoms with Crippen LogP contribution in [0.25, 0.3) is 6.08 Å². The second-order valence-corrected chi connectivity index (χ2v) is 5.84. The van der Waals surface area contributed by atoms with Crippen LogP contribution in [0.4, 0.5) is 18.9 Å². The molecule has 0 aromatic heterocycles. The average molecular weight is 377 g/mol. The van der Waals surface area contributed by atoms with E-state index in [1.54, 1.807) is 18.2 Å². The summed E-state index contributed by atoms with van der Waals surface area (Å²) in [7, 11) is 3.68. The molecule has 0 atom stereocenters. The molecular weight excluding hydrogens is 359 g/mol. The second-order valence-electron chi connectivity index (χ2n) is 5.84. The summed E-state index contributed by atoms with van der Waals surface area (Å²) in [6.45, 7) is 0. The molecule has 0 unspecified atom stereocenters. The third kappa shape index (κ3) is 5.88. The molecule has 8 heteroatoms. The number of halogens is 3. The fraction of sp³-hybridized carbons (Fsp3) is 0.158. The van der Waals surface area contributed by atoms with Gasteiger partial charge in [-0.15, -0.1) is 0 Å². The third-order valence-corrected chi connectivity index (χ3v) is 3.59. The third-order valence-electron chi connectivity index (χ3n) is 3.59. The molecule has 0 saturated carbocycles. The molecule has 2 rings (SSSR count). The van der Waals surface area contributed by atoms with Gasteiger partial charge in [0.15, 0.2) is 0 Å². The molecule has 0 aliphatic heterocycles. The number of nitrogens with zero attached hydrogens (tertiary/aromatic N) is 1. The number of hydrazine groups is 1. The lowest BCUT2D eigenvalue weighted by Gasteiger charge is -2.13. The first kappa shape index (κ1) is 20.0. The Morgan fingerprint density at radius 2 is 1.67 bits per heavy atom. The fourth-order valence-electron chi connectivity index (χ4n) is 2.11. The maximum Gasteiger partial charge on any atom is 0.416 e. The number of rotatable bonds is 4. The summed E-state index contributed by atoms with van der Waals surface area (Å²) in [6, 6.07) is 11.2. The summed E-state index contributed by atoms with van der Waals surface area (Å²) in [4.78, 5) is 25.6. The van der Waals surface area contributed by atoms with Gasteiger partial charge in [0.05, 0.1) is 5.56 Å². The molecular formula is C19H18F3N3O2. The van der Waals surface area contributed by atoms with Gasteiger partial charge in [0.2, 0.25) is 0 Å². The number of hydrogen-bond acceptors (Lipinski definition) is 3. The molecule has 5 nitrogen and oxygen atoms in total. The molecule has 27 heavy (non-hydrogen) atoms. The van der Waals surface area contributed by atoms with Gasteiger partial charge >= 0.3 is 6.18 Å². The Morgan fingerprint density at radius 1 is 1.00 bits per heavy atom. The van der Waals surface area contributed by atoms with Crippen molar-refractivity contribution >= 4 is 23.6 Å².